The number of rotatable bonds is 3. The molecule has 4 rings (SSSR count). The molecule has 0 radical (unpaired) electrons. The smallest absolute Gasteiger partial charge is 0.366 e. The first-order valence-electron chi connectivity index (χ1n) is 9.58. The van der Waals surface area contributed by atoms with E-state index < -0.39 is 17.6 Å². The number of thiol groups is 1. The number of nitrogens with zero attached hydrogens (tertiary/aromatic N) is 3. The van der Waals surface area contributed by atoms with Crippen molar-refractivity contribution in [1.29, 1.82) is 0 Å². The molecule has 31 heavy (non-hydrogen) atoms. The summed E-state index contributed by atoms with van der Waals surface area (Å²) in [6.45, 7) is 3.27. The third-order valence-corrected chi connectivity index (χ3v) is 5.40. The Balaban J connectivity index is 1.55. The molecule has 5 nitrogen and oxygen atoms in total. The molecule has 1 aliphatic rings. The number of fused-ring (bicyclic) bond motifs is 1. The molecule has 1 aromatic heterocycles. The van der Waals surface area contributed by atoms with Crippen LogP contribution in [0.3, 0.4) is 0 Å². The molecule has 1 aliphatic heterocycles. The van der Waals surface area contributed by atoms with Gasteiger partial charge in [0.1, 0.15) is 0 Å². The summed E-state index contributed by atoms with van der Waals surface area (Å²) < 4.78 is 38.8. The third-order valence-electron chi connectivity index (χ3n) is 5.18. The van der Waals surface area contributed by atoms with Crippen LogP contribution in [0.4, 0.5) is 24.5 Å². The van der Waals surface area contributed by atoms with Crippen molar-refractivity contribution >= 4 is 29.9 Å². The topological polar surface area (TPSA) is 58.1 Å². The number of aryl methyl sites for hydroxylation is 1. The molecule has 2 aromatic carbocycles. The maximum atomic E-state index is 12.9. The highest BCUT2D eigenvalue weighted by atomic mass is 32.1. The van der Waals surface area contributed by atoms with Crippen molar-refractivity contribution in [3.63, 3.8) is 0 Å². The van der Waals surface area contributed by atoms with Crippen LogP contribution in [-0.2, 0) is 19.1 Å². The lowest BCUT2D eigenvalue weighted by atomic mass is 10.0. The van der Waals surface area contributed by atoms with Crippen LogP contribution >= 0.6 is 12.6 Å². The number of halogens is 3. The third kappa shape index (κ3) is 4.66. The summed E-state index contributed by atoms with van der Waals surface area (Å²) in [7, 11) is 0. The summed E-state index contributed by atoms with van der Waals surface area (Å²) in [5, 5.41) is 3.00. The molecular weight excluding hydrogens is 425 g/mol. The van der Waals surface area contributed by atoms with Gasteiger partial charge in [-0.05, 0) is 42.8 Å². The molecule has 1 amide bonds. The Morgan fingerprint density at radius 3 is 2.77 bits per heavy atom. The van der Waals surface area contributed by atoms with Gasteiger partial charge in [0.25, 0.3) is 5.91 Å². The number of alkyl halides is 3. The second-order valence-electron chi connectivity index (χ2n) is 7.35. The number of carbonyl (C=O) groups excluding carboxylic acids is 1. The number of hydrogen-bond donors (Lipinski definition) is 2. The van der Waals surface area contributed by atoms with Gasteiger partial charge in [-0.2, -0.15) is 13.2 Å². The van der Waals surface area contributed by atoms with E-state index in [1.54, 1.807) is 18.3 Å². The minimum atomic E-state index is -4.47. The second-order valence-corrected chi connectivity index (χ2v) is 7.75. The van der Waals surface area contributed by atoms with Crippen LogP contribution in [0.25, 0.3) is 0 Å². The van der Waals surface area contributed by atoms with E-state index in [0.717, 1.165) is 47.6 Å². The molecule has 0 spiro atoms. The van der Waals surface area contributed by atoms with Crippen molar-refractivity contribution < 1.29 is 18.0 Å². The fourth-order valence-electron chi connectivity index (χ4n) is 3.58. The van der Waals surface area contributed by atoms with E-state index in [2.05, 4.69) is 32.8 Å². The maximum absolute atomic E-state index is 12.9. The molecule has 160 valence electrons. The standard InChI is InChI=1S/C22H19F3N4OS/c1-13-5-6-14(20(30)27-17-4-2-3-16(10-17)22(23,24)25)9-19(13)29-8-7-18-15(12-29)11-26-21(31)28-18/h2-6,9-11H,7-8,12H2,1H3,(H,27,30)(H,26,28,31). The van der Waals surface area contributed by atoms with Gasteiger partial charge in [0.05, 0.1) is 11.3 Å². The Bertz CT molecular complexity index is 1150. The highest BCUT2D eigenvalue weighted by molar-refractivity contribution is 7.80. The van der Waals surface area contributed by atoms with Crippen molar-refractivity contribution in [1.82, 2.24) is 9.97 Å². The minimum absolute atomic E-state index is 0.0913. The van der Waals surface area contributed by atoms with Crippen molar-refractivity contribution in [2.75, 3.05) is 16.8 Å². The molecule has 0 atom stereocenters. The van der Waals surface area contributed by atoms with Gasteiger partial charge in [0.2, 0.25) is 0 Å². The van der Waals surface area contributed by atoms with Gasteiger partial charge in [-0.25, -0.2) is 9.97 Å². The Hall–Kier alpha value is -3.07. The number of hydrogen-bond acceptors (Lipinski definition) is 5. The summed E-state index contributed by atoms with van der Waals surface area (Å²) in [5.74, 6) is -0.471. The zero-order valence-corrected chi connectivity index (χ0v) is 17.5. The molecule has 0 saturated carbocycles. The summed E-state index contributed by atoms with van der Waals surface area (Å²) in [5.41, 5.74) is 3.49. The molecule has 9 heteroatoms. The Labute approximate surface area is 182 Å². The van der Waals surface area contributed by atoms with Gasteiger partial charge in [-0.1, -0.05) is 12.1 Å². The quantitative estimate of drug-likeness (QED) is 0.445. The van der Waals surface area contributed by atoms with Crippen molar-refractivity contribution in [3.05, 3.63) is 76.6 Å². The highest BCUT2D eigenvalue weighted by Gasteiger charge is 2.30. The van der Waals surface area contributed by atoms with Crippen LogP contribution in [0.1, 0.15) is 32.7 Å². The van der Waals surface area contributed by atoms with Crippen LogP contribution in [0, 0.1) is 6.92 Å². The monoisotopic (exact) mass is 444 g/mol. The SMILES string of the molecule is Cc1ccc(C(=O)Nc2cccc(C(F)(F)F)c2)cc1N1CCc2nc(S)ncc2C1. The van der Waals surface area contributed by atoms with Crippen molar-refractivity contribution in [3.8, 4) is 0 Å². The predicted octanol–water partition coefficient (Wildman–Crippen LogP) is 4.91. The first kappa shape index (κ1) is 21.2. The summed E-state index contributed by atoms with van der Waals surface area (Å²) in [4.78, 5) is 23.4. The molecular formula is C22H19F3N4OS. The Morgan fingerprint density at radius 1 is 1.19 bits per heavy atom. The Morgan fingerprint density at radius 2 is 2.00 bits per heavy atom. The summed E-state index contributed by atoms with van der Waals surface area (Å²) in [6, 6.07) is 9.84. The normalized spacial score (nSPS) is 13.6. The number of carbonyl (C=O) groups is 1. The molecule has 2 heterocycles. The lowest BCUT2D eigenvalue weighted by Gasteiger charge is -2.31. The van der Waals surface area contributed by atoms with Crippen LogP contribution in [-0.4, -0.2) is 22.4 Å². The average molecular weight is 444 g/mol. The van der Waals surface area contributed by atoms with Crippen molar-refractivity contribution in [2.45, 2.75) is 31.2 Å². The van der Waals surface area contributed by atoms with Gasteiger partial charge < -0.3 is 10.2 Å². The summed E-state index contributed by atoms with van der Waals surface area (Å²) >= 11 is 4.18. The minimum Gasteiger partial charge on any atom is -0.366 e. The summed E-state index contributed by atoms with van der Waals surface area (Å²) in [6.07, 6.45) is -1.98. The number of benzene rings is 2. The zero-order chi connectivity index (χ0) is 22.2. The molecule has 0 unspecified atom stereocenters. The van der Waals surface area contributed by atoms with Crippen LogP contribution < -0.4 is 10.2 Å². The van der Waals surface area contributed by atoms with E-state index >= 15 is 0 Å². The number of nitrogens with one attached hydrogen (secondary N) is 1. The van der Waals surface area contributed by atoms with Crippen LogP contribution in [0.15, 0.2) is 53.8 Å². The van der Waals surface area contributed by atoms with E-state index in [9.17, 15) is 18.0 Å². The molecule has 0 saturated heterocycles. The predicted molar refractivity (Wildman–Crippen MR) is 115 cm³/mol. The van der Waals surface area contributed by atoms with Crippen LogP contribution in [0.2, 0.25) is 0 Å². The second kappa shape index (κ2) is 8.22. The molecule has 0 aliphatic carbocycles. The fourth-order valence-corrected chi connectivity index (χ4v) is 3.76. The van der Waals surface area contributed by atoms with Gasteiger partial charge in [0.15, 0.2) is 5.16 Å². The van der Waals surface area contributed by atoms with E-state index in [-0.39, 0.29) is 5.69 Å². The zero-order valence-electron chi connectivity index (χ0n) is 16.6. The lowest BCUT2D eigenvalue weighted by molar-refractivity contribution is -0.137. The largest absolute Gasteiger partial charge is 0.416 e. The van der Waals surface area contributed by atoms with Crippen LogP contribution in [0.5, 0.6) is 0 Å². The highest BCUT2D eigenvalue weighted by Crippen LogP contribution is 2.31. The molecule has 1 N–H and O–H groups in total. The lowest BCUT2D eigenvalue weighted by Crippen LogP contribution is -2.32. The van der Waals surface area contributed by atoms with Gasteiger partial charge >= 0.3 is 6.18 Å². The van der Waals surface area contributed by atoms with E-state index in [1.807, 2.05) is 13.0 Å². The van der Waals surface area contributed by atoms with Gasteiger partial charge in [0, 0.05) is 48.2 Å². The maximum Gasteiger partial charge on any atom is 0.416 e. The van der Waals surface area contributed by atoms with Gasteiger partial charge in [-0.3, -0.25) is 4.79 Å². The fraction of sp³-hybridized carbons (Fsp3) is 0.227. The van der Waals surface area contributed by atoms with Gasteiger partial charge in [-0.15, -0.1) is 12.6 Å². The molecule has 0 bridgehead atoms. The number of aromatic nitrogens is 2. The first-order valence-corrected chi connectivity index (χ1v) is 10.0. The van der Waals surface area contributed by atoms with Crippen molar-refractivity contribution in [2.24, 2.45) is 0 Å². The molecule has 3 aromatic rings. The average Bonchev–Trinajstić information content (AvgIpc) is 2.73. The molecule has 0 fully saturated rings. The van der Waals surface area contributed by atoms with E-state index in [1.165, 1.54) is 12.1 Å². The van der Waals surface area contributed by atoms with E-state index in [0.29, 0.717) is 17.3 Å². The number of anilines is 2. The first-order chi connectivity index (χ1) is 14.7. The van der Waals surface area contributed by atoms with E-state index in [4.69, 9.17) is 0 Å². The number of amides is 1. The Kier molecular flexibility index (Phi) is 5.62.